The molecule has 20 heavy (non-hydrogen) atoms. The number of aryl methyl sites for hydroxylation is 2. The number of tetrazole rings is 1. The fourth-order valence-electron chi connectivity index (χ4n) is 2.04. The topological polar surface area (TPSA) is 93.9 Å². The normalized spacial score (nSPS) is 10.9. The van der Waals surface area contributed by atoms with E-state index < -0.39 is 0 Å². The Hall–Kier alpha value is -2.70. The molecule has 0 aliphatic rings. The minimum absolute atomic E-state index is 0.193. The summed E-state index contributed by atoms with van der Waals surface area (Å²) in [4.78, 5) is 11.5. The number of aromatic amines is 1. The summed E-state index contributed by atoms with van der Waals surface area (Å²) in [5, 5.41) is 14.3. The van der Waals surface area contributed by atoms with Crippen LogP contribution in [0, 0.1) is 13.8 Å². The molecular weight excluding hydrogens is 260 g/mol. The van der Waals surface area contributed by atoms with Crippen molar-refractivity contribution in [2.45, 2.75) is 20.5 Å². The van der Waals surface area contributed by atoms with E-state index >= 15 is 0 Å². The van der Waals surface area contributed by atoms with E-state index in [1.807, 2.05) is 26.0 Å². The minimum atomic E-state index is -0.367. The summed E-state index contributed by atoms with van der Waals surface area (Å²) in [6.45, 7) is 3.91. The van der Waals surface area contributed by atoms with Crippen molar-refractivity contribution in [3.8, 4) is 5.75 Å². The smallest absolute Gasteiger partial charge is 0.336 e. The summed E-state index contributed by atoms with van der Waals surface area (Å²) in [5.74, 6) is 1.08. The molecule has 0 aliphatic carbocycles. The number of benzene rings is 1. The zero-order valence-corrected chi connectivity index (χ0v) is 11.0. The number of nitrogens with one attached hydrogen (secondary N) is 1. The molecular formula is C13H12N4O3. The van der Waals surface area contributed by atoms with Gasteiger partial charge in [0.25, 0.3) is 0 Å². The Kier molecular flexibility index (Phi) is 2.94. The summed E-state index contributed by atoms with van der Waals surface area (Å²) in [5.41, 5.74) is 1.82. The quantitative estimate of drug-likeness (QED) is 0.726. The SMILES string of the molecule is Cc1cc(=O)oc2c(C)c(OCc3nn[nH]n3)ccc12. The van der Waals surface area contributed by atoms with E-state index in [1.54, 1.807) is 0 Å². The summed E-state index contributed by atoms with van der Waals surface area (Å²) in [7, 11) is 0. The minimum Gasteiger partial charge on any atom is -0.485 e. The molecule has 7 nitrogen and oxygen atoms in total. The average molecular weight is 272 g/mol. The van der Waals surface area contributed by atoms with E-state index in [9.17, 15) is 4.79 Å². The molecule has 0 radical (unpaired) electrons. The zero-order valence-electron chi connectivity index (χ0n) is 11.0. The Morgan fingerprint density at radius 2 is 2.20 bits per heavy atom. The molecule has 3 rings (SSSR count). The molecule has 0 unspecified atom stereocenters. The first-order chi connectivity index (χ1) is 9.65. The van der Waals surface area contributed by atoms with Crippen LogP contribution in [0.4, 0.5) is 0 Å². The highest BCUT2D eigenvalue weighted by Gasteiger charge is 2.10. The molecule has 102 valence electrons. The van der Waals surface area contributed by atoms with Crippen LogP contribution >= 0.6 is 0 Å². The third kappa shape index (κ3) is 2.13. The fourth-order valence-corrected chi connectivity index (χ4v) is 2.04. The van der Waals surface area contributed by atoms with E-state index in [4.69, 9.17) is 9.15 Å². The van der Waals surface area contributed by atoms with Gasteiger partial charge >= 0.3 is 5.63 Å². The van der Waals surface area contributed by atoms with E-state index in [-0.39, 0.29) is 12.2 Å². The van der Waals surface area contributed by atoms with Gasteiger partial charge in [0.15, 0.2) is 6.61 Å². The number of ether oxygens (including phenoxy) is 1. The van der Waals surface area contributed by atoms with E-state index in [0.717, 1.165) is 16.5 Å². The summed E-state index contributed by atoms with van der Waals surface area (Å²) in [6, 6.07) is 5.18. The molecule has 2 heterocycles. The average Bonchev–Trinajstić information content (AvgIpc) is 2.92. The van der Waals surface area contributed by atoms with Crippen molar-refractivity contribution in [2.24, 2.45) is 0 Å². The summed E-state index contributed by atoms with van der Waals surface area (Å²) < 4.78 is 10.9. The van der Waals surface area contributed by atoms with Gasteiger partial charge in [-0.25, -0.2) is 4.79 Å². The monoisotopic (exact) mass is 272 g/mol. The van der Waals surface area contributed by atoms with Crippen LogP contribution in [0.15, 0.2) is 27.4 Å². The maximum absolute atomic E-state index is 11.5. The largest absolute Gasteiger partial charge is 0.485 e. The summed E-state index contributed by atoms with van der Waals surface area (Å²) in [6.07, 6.45) is 0. The van der Waals surface area contributed by atoms with Crippen molar-refractivity contribution in [3.63, 3.8) is 0 Å². The van der Waals surface area contributed by atoms with Crippen molar-refractivity contribution in [1.29, 1.82) is 0 Å². The Labute approximate surface area is 113 Å². The van der Waals surface area contributed by atoms with Crippen LogP contribution in [-0.4, -0.2) is 20.6 Å². The lowest BCUT2D eigenvalue weighted by Gasteiger charge is -2.09. The Balaban J connectivity index is 2.00. The highest BCUT2D eigenvalue weighted by molar-refractivity contribution is 5.84. The molecule has 0 spiro atoms. The maximum Gasteiger partial charge on any atom is 0.336 e. The Morgan fingerprint density at radius 1 is 1.35 bits per heavy atom. The van der Waals surface area contributed by atoms with Gasteiger partial charge in [0.05, 0.1) is 0 Å². The number of H-pyrrole nitrogens is 1. The molecule has 2 aromatic heterocycles. The molecule has 7 heteroatoms. The number of nitrogens with zero attached hydrogens (tertiary/aromatic N) is 3. The van der Waals surface area contributed by atoms with Crippen LogP contribution < -0.4 is 10.4 Å². The molecule has 1 N–H and O–H groups in total. The third-order valence-electron chi connectivity index (χ3n) is 3.06. The van der Waals surface area contributed by atoms with Gasteiger partial charge in [0.1, 0.15) is 11.3 Å². The van der Waals surface area contributed by atoms with Crippen molar-refractivity contribution < 1.29 is 9.15 Å². The molecule has 0 atom stereocenters. The van der Waals surface area contributed by atoms with Gasteiger partial charge in [-0.2, -0.15) is 5.21 Å². The van der Waals surface area contributed by atoms with Crippen LogP contribution in [0.5, 0.6) is 5.75 Å². The standard InChI is InChI=1S/C13H12N4O3/c1-7-5-12(18)20-13-8(2)10(4-3-9(7)13)19-6-11-14-16-17-15-11/h3-5H,6H2,1-2H3,(H,14,15,16,17). The predicted molar refractivity (Wildman–Crippen MR) is 70.5 cm³/mol. The van der Waals surface area contributed by atoms with Crippen molar-refractivity contribution >= 4 is 11.0 Å². The van der Waals surface area contributed by atoms with Crippen LogP contribution in [0.3, 0.4) is 0 Å². The molecule has 0 fully saturated rings. The van der Waals surface area contributed by atoms with Crippen LogP contribution in [0.1, 0.15) is 17.0 Å². The van der Waals surface area contributed by atoms with Gasteiger partial charge < -0.3 is 9.15 Å². The first-order valence-electron chi connectivity index (χ1n) is 6.04. The lowest BCUT2D eigenvalue weighted by Crippen LogP contribution is -2.02. The van der Waals surface area contributed by atoms with Gasteiger partial charge in [0, 0.05) is 17.0 Å². The van der Waals surface area contributed by atoms with Crippen LogP contribution in [0.2, 0.25) is 0 Å². The van der Waals surface area contributed by atoms with Gasteiger partial charge in [-0.15, -0.1) is 10.2 Å². The number of fused-ring (bicyclic) bond motifs is 1. The predicted octanol–water partition coefficient (Wildman–Crippen LogP) is 1.50. The highest BCUT2D eigenvalue weighted by atomic mass is 16.5. The van der Waals surface area contributed by atoms with Crippen molar-refractivity contribution in [3.05, 3.63) is 45.6 Å². The fraction of sp³-hybridized carbons (Fsp3) is 0.231. The second kappa shape index (κ2) is 4.76. The summed E-state index contributed by atoms with van der Waals surface area (Å²) >= 11 is 0. The van der Waals surface area contributed by atoms with E-state index in [2.05, 4.69) is 20.6 Å². The second-order valence-corrected chi connectivity index (χ2v) is 4.43. The third-order valence-corrected chi connectivity index (χ3v) is 3.06. The molecule has 0 bridgehead atoms. The number of hydrogen-bond donors (Lipinski definition) is 1. The Morgan fingerprint density at radius 3 is 2.95 bits per heavy atom. The van der Waals surface area contributed by atoms with Crippen LogP contribution in [0.25, 0.3) is 11.0 Å². The second-order valence-electron chi connectivity index (χ2n) is 4.43. The zero-order chi connectivity index (χ0) is 14.1. The maximum atomic E-state index is 11.5. The molecule has 0 amide bonds. The van der Waals surface area contributed by atoms with Gasteiger partial charge in [-0.1, -0.05) is 5.21 Å². The van der Waals surface area contributed by atoms with Gasteiger partial charge in [-0.05, 0) is 31.5 Å². The number of aromatic nitrogens is 4. The lowest BCUT2D eigenvalue weighted by molar-refractivity contribution is 0.294. The van der Waals surface area contributed by atoms with Crippen molar-refractivity contribution in [1.82, 2.24) is 20.6 Å². The molecule has 0 aliphatic heterocycles. The molecule has 3 aromatic rings. The van der Waals surface area contributed by atoms with E-state index in [0.29, 0.717) is 17.2 Å². The molecule has 0 saturated carbocycles. The first kappa shape index (κ1) is 12.3. The Bertz CT molecular complexity index is 808. The van der Waals surface area contributed by atoms with Gasteiger partial charge in [-0.3, -0.25) is 0 Å². The lowest BCUT2D eigenvalue weighted by atomic mass is 10.1. The molecule has 0 saturated heterocycles. The van der Waals surface area contributed by atoms with E-state index in [1.165, 1.54) is 6.07 Å². The van der Waals surface area contributed by atoms with Crippen molar-refractivity contribution in [2.75, 3.05) is 0 Å². The highest BCUT2D eigenvalue weighted by Crippen LogP contribution is 2.28. The van der Waals surface area contributed by atoms with Crippen LogP contribution in [-0.2, 0) is 6.61 Å². The number of rotatable bonds is 3. The molecule has 1 aromatic carbocycles. The first-order valence-corrected chi connectivity index (χ1v) is 6.04. The number of hydrogen-bond acceptors (Lipinski definition) is 6. The van der Waals surface area contributed by atoms with Gasteiger partial charge in [0.2, 0.25) is 5.82 Å².